The first-order valence-electron chi connectivity index (χ1n) is 9.16. The lowest BCUT2D eigenvalue weighted by Gasteiger charge is -2.07. The number of nitrogens with zero attached hydrogens (tertiary/aromatic N) is 5. The molecule has 148 valence electrons. The predicted molar refractivity (Wildman–Crippen MR) is 114 cm³/mol. The van der Waals surface area contributed by atoms with Gasteiger partial charge in [-0.05, 0) is 37.3 Å². The molecule has 30 heavy (non-hydrogen) atoms. The van der Waals surface area contributed by atoms with Gasteiger partial charge in [0.15, 0.2) is 16.5 Å². The molecule has 5 aromatic heterocycles. The molecule has 0 aliphatic rings. The third-order valence-corrected chi connectivity index (χ3v) is 5.40. The molecule has 0 fully saturated rings. The number of amides is 1. The highest BCUT2D eigenvalue weighted by atomic mass is 32.1. The minimum absolute atomic E-state index is 0.284. The zero-order chi connectivity index (χ0) is 20.7. The Balaban J connectivity index is 1.54. The van der Waals surface area contributed by atoms with Crippen molar-refractivity contribution in [3.63, 3.8) is 0 Å². The van der Waals surface area contributed by atoms with Crippen LogP contribution < -0.4 is 5.32 Å². The van der Waals surface area contributed by atoms with E-state index in [0.717, 1.165) is 11.4 Å². The molecule has 8 nitrogen and oxygen atoms in total. The van der Waals surface area contributed by atoms with Crippen LogP contribution in [0.1, 0.15) is 16.1 Å². The van der Waals surface area contributed by atoms with Gasteiger partial charge in [-0.1, -0.05) is 6.07 Å². The van der Waals surface area contributed by atoms with Gasteiger partial charge in [0.25, 0.3) is 5.91 Å². The number of aromatic nitrogens is 5. The van der Waals surface area contributed by atoms with Gasteiger partial charge < -0.3 is 4.42 Å². The molecule has 1 amide bonds. The molecule has 5 rings (SSSR count). The number of nitrogens with one attached hydrogen (secondary N) is 1. The number of pyridine rings is 2. The van der Waals surface area contributed by atoms with E-state index < -0.39 is 0 Å². The van der Waals surface area contributed by atoms with Crippen LogP contribution in [0.25, 0.3) is 33.9 Å². The fourth-order valence-corrected chi connectivity index (χ4v) is 4.00. The molecule has 0 spiro atoms. The fraction of sp³-hybridized carbons (Fsp3) is 0.0952. The van der Waals surface area contributed by atoms with Crippen molar-refractivity contribution in [2.24, 2.45) is 7.05 Å². The summed E-state index contributed by atoms with van der Waals surface area (Å²) in [6.07, 6.45) is 3.28. The van der Waals surface area contributed by atoms with Gasteiger partial charge in [0.1, 0.15) is 11.4 Å². The minimum Gasteiger partial charge on any atom is -0.463 e. The Bertz CT molecular complexity index is 1360. The van der Waals surface area contributed by atoms with Crippen LogP contribution in [-0.2, 0) is 7.05 Å². The number of aryl methyl sites for hydroxylation is 2. The van der Waals surface area contributed by atoms with E-state index in [1.807, 2.05) is 30.5 Å². The number of hydrogen-bond donors (Lipinski definition) is 1. The molecule has 0 unspecified atom stereocenters. The largest absolute Gasteiger partial charge is 0.463 e. The number of carbonyl (C=O) groups excluding carboxylic acids is 1. The third kappa shape index (κ3) is 3.15. The van der Waals surface area contributed by atoms with Crippen LogP contribution in [-0.4, -0.2) is 30.6 Å². The molecule has 5 heterocycles. The normalized spacial score (nSPS) is 11.1. The van der Waals surface area contributed by atoms with Gasteiger partial charge in [-0.25, -0.2) is 9.97 Å². The van der Waals surface area contributed by atoms with Crippen molar-refractivity contribution in [3.05, 3.63) is 65.5 Å². The summed E-state index contributed by atoms with van der Waals surface area (Å²) in [5.41, 5.74) is 3.83. The molecule has 0 bridgehead atoms. The van der Waals surface area contributed by atoms with Gasteiger partial charge in [-0.2, -0.15) is 5.10 Å². The van der Waals surface area contributed by atoms with E-state index in [-0.39, 0.29) is 5.91 Å². The molecular formula is C21H16N6O2S. The topological polar surface area (TPSA) is 98.7 Å². The van der Waals surface area contributed by atoms with Gasteiger partial charge >= 0.3 is 0 Å². The molecule has 0 atom stereocenters. The number of anilines is 1. The van der Waals surface area contributed by atoms with Crippen molar-refractivity contribution < 1.29 is 9.21 Å². The van der Waals surface area contributed by atoms with E-state index in [1.165, 1.54) is 11.3 Å². The summed E-state index contributed by atoms with van der Waals surface area (Å²) in [5.74, 6) is 0.296. The maximum Gasteiger partial charge on any atom is 0.258 e. The number of rotatable bonds is 4. The van der Waals surface area contributed by atoms with Crippen LogP contribution >= 0.6 is 11.3 Å². The van der Waals surface area contributed by atoms with Crippen LogP contribution in [0.3, 0.4) is 0 Å². The molecule has 9 heteroatoms. The maximum absolute atomic E-state index is 13.2. The van der Waals surface area contributed by atoms with Crippen LogP contribution in [0.15, 0.2) is 58.7 Å². The van der Waals surface area contributed by atoms with Crippen molar-refractivity contribution in [2.75, 3.05) is 5.32 Å². The van der Waals surface area contributed by atoms with Crippen molar-refractivity contribution in [2.45, 2.75) is 6.92 Å². The zero-order valence-electron chi connectivity index (χ0n) is 16.2. The summed E-state index contributed by atoms with van der Waals surface area (Å²) in [5, 5.41) is 10.4. The smallest absolute Gasteiger partial charge is 0.258 e. The van der Waals surface area contributed by atoms with Gasteiger partial charge in [0, 0.05) is 18.6 Å². The minimum atomic E-state index is -0.284. The Morgan fingerprint density at radius 2 is 2.03 bits per heavy atom. The highest BCUT2D eigenvalue weighted by molar-refractivity contribution is 7.14. The van der Waals surface area contributed by atoms with E-state index in [4.69, 9.17) is 4.42 Å². The zero-order valence-corrected chi connectivity index (χ0v) is 17.0. The lowest BCUT2D eigenvalue weighted by molar-refractivity contribution is 0.102. The average Bonchev–Trinajstić information content (AvgIpc) is 3.50. The molecule has 0 radical (unpaired) electrons. The molecule has 0 aliphatic carbocycles. The van der Waals surface area contributed by atoms with E-state index in [1.54, 1.807) is 42.4 Å². The van der Waals surface area contributed by atoms with E-state index in [9.17, 15) is 4.79 Å². The van der Waals surface area contributed by atoms with Crippen molar-refractivity contribution >= 4 is 33.4 Å². The lowest BCUT2D eigenvalue weighted by atomic mass is 10.1. The van der Waals surface area contributed by atoms with Crippen molar-refractivity contribution in [1.82, 2.24) is 24.7 Å². The summed E-state index contributed by atoms with van der Waals surface area (Å²) in [6.45, 7) is 1.86. The Labute approximate surface area is 175 Å². The third-order valence-electron chi connectivity index (χ3n) is 4.64. The van der Waals surface area contributed by atoms with Gasteiger partial charge in [0.2, 0.25) is 0 Å². The Morgan fingerprint density at radius 3 is 2.80 bits per heavy atom. The second kappa shape index (κ2) is 7.20. The summed E-state index contributed by atoms with van der Waals surface area (Å²) in [4.78, 5) is 26.6. The monoisotopic (exact) mass is 416 g/mol. The second-order valence-electron chi connectivity index (χ2n) is 6.65. The molecule has 0 aliphatic heterocycles. The first-order chi connectivity index (χ1) is 14.6. The summed E-state index contributed by atoms with van der Waals surface area (Å²) >= 11 is 1.35. The van der Waals surface area contributed by atoms with Gasteiger partial charge in [-0.15, -0.1) is 11.3 Å². The maximum atomic E-state index is 13.2. The highest BCUT2D eigenvalue weighted by Gasteiger charge is 2.21. The molecule has 0 aromatic carbocycles. The highest BCUT2D eigenvalue weighted by Crippen LogP contribution is 2.29. The Morgan fingerprint density at radius 1 is 1.13 bits per heavy atom. The predicted octanol–water partition coefficient (Wildman–Crippen LogP) is 4.31. The van der Waals surface area contributed by atoms with Crippen LogP contribution in [0, 0.1) is 6.92 Å². The van der Waals surface area contributed by atoms with Crippen molar-refractivity contribution in [3.8, 4) is 22.8 Å². The van der Waals surface area contributed by atoms with Crippen LogP contribution in [0.5, 0.6) is 0 Å². The van der Waals surface area contributed by atoms with Gasteiger partial charge in [-0.3, -0.25) is 19.8 Å². The Kier molecular flexibility index (Phi) is 4.36. The fourth-order valence-electron chi connectivity index (χ4n) is 3.30. The molecule has 0 saturated heterocycles. The first kappa shape index (κ1) is 18.2. The number of carbonyl (C=O) groups is 1. The van der Waals surface area contributed by atoms with E-state index in [0.29, 0.717) is 38.9 Å². The van der Waals surface area contributed by atoms with E-state index in [2.05, 4.69) is 25.4 Å². The molecular weight excluding hydrogens is 400 g/mol. The molecule has 5 aromatic rings. The van der Waals surface area contributed by atoms with Gasteiger partial charge in [0.05, 0.1) is 28.6 Å². The first-order valence-corrected chi connectivity index (χ1v) is 10.0. The summed E-state index contributed by atoms with van der Waals surface area (Å²) in [6, 6.07) is 10.9. The number of furan rings is 1. The van der Waals surface area contributed by atoms with E-state index >= 15 is 0 Å². The molecule has 1 N–H and O–H groups in total. The van der Waals surface area contributed by atoms with Crippen LogP contribution in [0.2, 0.25) is 0 Å². The molecule has 0 saturated carbocycles. The summed E-state index contributed by atoms with van der Waals surface area (Å²) in [7, 11) is 1.80. The number of fused-ring (bicyclic) bond motifs is 1. The average molecular weight is 416 g/mol. The standard InChI is InChI=1S/C21H16N6O2S/c1-12-18-13(10-15(17-7-5-9-29-17)23-19(18)27(2)26-12)20(28)25-21-24-16(11-30-21)14-6-3-4-8-22-14/h3-11H,1-2H3,(H,24,25,28). The quantitative estimate of drug-likeness (QED) is 0.469. The second-order valence-corrected chi connectivity index (χ2v) is 7.51. The SMILES string of the molecule is Cc1nn(C)c2nc(-c3ccco3)cc(C(=O)Nc3nc(-c4ccccn4)cs3)c12. The number of thiazole rings is 1. The summed E-state index contributed by atoms with van der Waals surface area (Å²) < 4.78 is 7.14. The van der Waals surface area contributed by atoms with Crippen molar-refractivity contribution in [1.29, 1.82) is 0 Å². The Hall–Kier alpha value is -3.85. The number of hydrogen-bond acceptors (Lipinski definition) is 7. The lowest BCUT2D eigenvalue weighted by Crippen LogP contribution is -2.13. The van der Waals surface area contributed by atoms with Crippen LogP contribution in [0.4, 0.5) is 5.13 Å².